The molecule has 1 aliphatic rings. The highest BCUT2D eigenvalue weighted by molar-refractivity contribution is 5.94. The molecule has 2 aromatic carbocycles. The van der Waals surface area contributed by atoms with Gasteiger partial charge in [-0.3, -0.25) is 9.59 Å². The summed E-state index contributed by atoms with van der Waals surface area (Å²) in [5, 5.41) is 5.16. The van der Waals surface area contributed by atoms with Crippen molar-refractivity contribution in [1.82, 2.24) is 0 Å². The third-order valence-corrected chi connectivity index (χ3v) is 4.34. The molecular formula is C20H21FN2O2. The second-order valence-electron chi connectivity index (χ2n) is 6.41. The molecule has 3 rings (SSSR count). The first-order valence-electron chi connectivity index (χ1n) is 8.49. The van der Waals surface area contributed by atoms with Crippen LogP contribution in [-0.2, 0) is 28.9 Å². The summed E-state index contributed by atoms with van der Waals surface area (Å²) in [6.45, 7) is 1.31. The third-order valence-electron chi connectivity index (χ3n) is 4.34. The number of hydrogen-bond acceptors (Lipinski definition) is 2. The van der Waals surface area contributed by atoms with Crippen LogP contribution in [0.15, 0.2) is 36.4 Å². The molecule has 0 spiro atoms. The van der Waals surface area contributed by atoms with Crippen molar-refractivity contribution in [2.75, 3.05) is 10.6 Å². The Morgan fingerprint density at radius 2 is 1.76 bits per heavy atom. The molecule has 5 heteroatoms. The van der Waals surface area contributed by atoms with Crippen LogP contribution in [0.2, 0.25) is 0 Å². The van der Waals surface area contributed by atoms with Crippen molar-refractivity contribution in [2.24, 2.45) is 0 Å². The number of halogens is 1. The minimum Gasteiger partial charge on any atom is -0.326 e. The fraction of sp³-hybridized carbons (Fsp3) is 0.300. The molecule has 0 radical (unpaired) electrons. The van der Waals surface area contributed by atoms with Crippen LogP contribution in [0, 0.1) is 5.82 Å². The number of anilines is 2. The van der Waals surface area contributed by atoms with E-state index in [1.165, 1.54) is 49.1 Å². The van der Waals surface area contributed by atoms with Gasteiger partial charge < -0.3 is 10.6 Å². The number of hydrogen-bond donors (Lipinski definition) is 2. The second kappa shape index (κ2) is 7.47. The van der Waals surface area contributed by atoms with Gasteiger partial charge in [-0.2, -0.15) is 0 Å². The zero-order chi connectivity index (χ0) is 17.8. The van der Waals surface area contributed by atoms with Crippen LogP contribution in [0.25, 0.3) is 0 Å². The standard InChI is InChI=1S/C20H21FN2O2/c1-13(24)22-19-12-17(8-9-18(19)21)23-20(25)11-14-6-7-15-4-2-3-5-16(15)10-14/h6-10,12H,2-5,11H2,1H3,(H,22,24)(H,23,25). The minimum absolute atomic E-state index is 0.0547. The van der Waals surface area contributed by atoms with E-state index in [1.54, 1.807) is 0 Å². The molecule has 0 aliphatic heterocycles. The number of fused-ring (bicyclic) bond motifs is 1. The highest BCUT2D eigenvalue weighted by Crippen LogP contribution is 2.23. The SMILES string of the molecule is CC(=O)Nc1cc(NC(=O)Cc2ccc3c(c2)CCCC3)ccc1F. The molecule has 0 atom stereocenters. The Hall–Kier alpha value is -2.69. The second-order valence-corrected chi connectivity index (χ2v) is 6.41. The van der Waals surface area contributed by atoms with E-state index in [2.05, 4.69) is 22.8 Å². The molecule has 25 heavy (non-hydrogen) atoms. The maximum atomic E-state index is 13.6. The van der Waals surface area contributed by atoms with Gasteiger partial charge >= 0.3 is 0 Å². The Balaban J connectivity index is 1.67. The lowest BCUT2D eigenvalue weighted by atomic mass is 9.90. The molecule has 0 aromatic heterocycles. The van der Waals surface area contributed by atoms with E-state index in [9.17, 15) is 14.0 Å². The first-order chi connectivity index (χ1) is 12.0. The van der Waals surface area contributed by atoms with Gasteiger partial charge in [-0.1, -0.05) is 18.2 Å². The summed E-state index contributed by atoms with van der Waals surface area (Å²) in [6.07, 6.45) is 4.88. The Morgan fingerprint density at radius 3 is 2.52 bits per heavy atom. The van der Waals surface area contributed by atoms with E-state index in [-0.39, 0.29) is 23.9 Å². The lowest BCUT2D eigenvalue weighted by Gasteiger charge is -2.16. The largest absolute Gasteiger partial charge is 0.326 e. The van der Waals surface area contributed by atoms with Gasteiger partial charge in [0, 0.05) is 12.6 Å². The number of nitrogens with one attached hydrogen (secondary N) is 2. The smallest absolute Gasteiger partial charge is 0.228 e. The zero-order valence-electron chi connectivity index (χ0n) is 14.2. The first kappa shape index (κ1) is 17.1. The molecule has 0 unspecified atom stereocenters. The number of aryl methyl sites for hydroxylation is 2. The van der Waals surface area contributed by atoms with Gasteiger partial charge in [0.15, 0.2) is 0 Å². The van der Waals surface area contributed by atoms with E-state index in [0.717, 1.165) is 18.4 Å². The van der Waals surface area contributed by atoms with Crippen molar-refractivity contribution < 1.29 is 14.0 Å². The molecule has 130 valence electrons. The fourth-order valence-corrected chi connectivity index (χ4v) is 3.18. The third kappa shape index (κ3) is 4.44. The lowest BCUT2D eigenvalue weighted by molar-refractivity contribution is -0.115. The van der Waals surface area contributed by atoms with Gasteiger partial charge in [-0.25, -0.2) is 4.39 Å². The number of amides is 2. The Kier molecular flexibility index (Phi) is 5.12. The molecule has 0 fully saturated rings. The van der Waals surface area contributed by atoms with Crippen molar-refractivity contribution in [2.45, 2.75) is 39.0 Å². The summed E-state index contributed by atoms with van der Waals surface area (Å²) in [5.41, 5.74) is 4.20. The van der Waals surface area contributed by atoms with Crippen LogP contribution >= 0.6 is 0 Å². The maximum Gasteiger partial charge on any atom is 0.228 e. The van der Waals surface area contributed by atoms with Crippen LogP contribution in [0.5, 0.6) is 0 Å². The molecular weight excluding hydrogens is 319 g/mol. The van der Waals surface area contributed by atoms with E-state index in [4.69, 9.17) is 0 Å². The highest BCUT2D eigenvalue weighted by Gasteiger charge is 2.12. The molecule has 0 saturated carbocycles. The van der Waals surface area contributed by atoms with Gasteiger partial charge in [0.05, 0.1) is 12.1 Å². The lowest BCUT2D eigenvalue weighted by Crippen LogP contribution is -2.15. The summed E-state index contributed by atoms with van der Waals surface area (Å²) < 4.78 is 13.6. The van der Waals surface area contributed by atoms with Crippen molar-refractivity contribution >= 4 is 23.2 Å². The highest BCUT2D eigenvalue weighted by atomic mass is 19.1. The van der Waals surface area contributed by atoms with Crippen LogP contribution in [0.1, 0.15) is 36.5 Å². The van der Waals surface area contributed by atoms with Crippen molar-refractivity contribution in [3.8, 4) is 0 Å². The van der Waals surface area contributed by atoms with Gasteiger partial charge in [0.25, 0.3) is 0 Å². The van der Waals surface area contributed by atoms with E-state index < -0.39 is 5.82 Å². The van der Waals surface area contributed by atoms with Crippen molar-refractivity contribution in [3.63, 3.8) is 0 Å². The topological polar surface area (TPSA) is 58.2 Å². The molecule has 2 aromatic rings. The zero-order valence-corrected chi connectivity index (χ0v) is 14.2. The number of carbonyl (C=O) groups excluding carboxylic acids is 2. The molecule has 0 saturated heterocycles. The summed E-state index contributed by atoms with van der Waals surface area (Å²) in [4.78, 5) is 23.4. The van der Waals surface area contributed by atoms with Crippen LogP contribution in [0.4, 0.5) is 15.8 Å². The number of benzene rings is 2. The minimum atomic E-state index is -0.539. The van der Waals surface area contributed by atoms with E-state index >= 15 is 0 Å². The van der Waals surface area contributed by atoms with Crippen LogP contribution in [-0.4, -0.2) is 11.8 Å². The maximum absolute atomic E-state index is 13.6. The fourth-order valence-electron chi connectivity index (χ4n) is 3.18. The number of carbonyl (C=O) groups is 2. The van der Waals surface area contributed by atoms with Gasteiger partial charge in [-0.05, 0) is 60.6 Å². The van der Waals surface area contributed by atoms with Crippen molar-refractivity contribution in [1.29, 1.82) is 0 Å². The molecule has 0 bridgehead atoms. The number of rotatable bonds is 4. The Labute approximate surface area is 146 Å². The average molecular weight is 340 g/mol. The Morgan fingerprint density at radius 1 is 1.00 bits per heavy atom. The average Bonchev–Trinajstić information content (AvgIpc) is 2.57. The Bertz CT molecular complexity index is 817. The van der Waals surface area contributed by atoms with E-state index in [1.807, 2.05) is 6.07 Å². The van der Waals surface area contributed by atoms with Gasteiger partial charge in [-0.15, -0.1) is 0 Å². The van der Waals surface area contributed by atoms with Crippen molar-refractivity contribution in [3.05, 3.63) is 58.9 Å². The molecule has 2 amide bonds. The van der Waals surface area contributed by atoms with E-state index in [0.29, 0.717) is 5.69 Å². The van der Waals surface area contributed by atoms with Gasteiger partial charge in [0.1, 0.15) is 5.82 Å². The molecule has 4 nitrogen and oxygen atoms in total. The quantitative estimate of drug-likeness (QED) is 0.888. The predicted molar refractivity (Wildman–Crippen MR) is 96.1 cm³/mol. The first-order valence-corrected chi connectivity index (χ1v) is 8.49. The molecule has 0 heterocycles. The monoisotopic (exact) mass is 340 g/mol. The predicted octanol–water partition coefficient (Wildman–Crippen LogP) is 3.84. The van der Waals surface area contributed by atoms with Crippen LogP contribution < -0.4 is 10.6 Å². The normalized spacial score (nSPS) is 13.0. The van der Waals surface area contributed by atoms with Crippen LogP contribution in [0.3, 0.4) is 0 Å². The molecule has 2 N–H and O–H groups in total. The summed E-state index contributed by atoms with van der Waals surface area (Å²) in [6, 6.07) is 10.3. The summed E-state index contributed by atoms with van der Waals surface area (Å²) in [7, 11) is 0. The summed E-state index contributed by atoms with van der Waals surface area (Å²) in [5.74, 6) is -1.07. The van der Waals surface area contributed by atoms with Gasteiger partial charge in [0.2, 0.25) is 11.8 Å². The molecule has 1 aliphatic carbocycles. The summed E-state index contributed by atoms with van der Waals surface area (Å²) >= 11 is 0.